The molecule has 0 spiro atoms. The van der Waals surface area contributed by atoms with Crippen LogP contribution in [0.1, 0.15) is 40.0 Å². The molecule has 1 amide bonds. The molecule has 0 bridgehead atoms. The van der Waals surface area contributed by atoms with Crippen LogP contribution in [-0.2, 0) is 0 Å². The van der Waals surface area contributed by atoms with Crippen molar-refractivity contribution < 1.29 is 14.7 Å². The fourth-order valence-electron chi connectivity index (χ4n) is 4.33. The highest BCUT2D eigenvalue weighted by Gasteiger charge is 2.17. The molecule has 0 saturated carbocycles. The van der Waals surface area contributed by atoms with Crippen LogP contribution in [0.5, 0.6) is 0 Å². The van der Waals surface area contributed by atoms with E-state index in [0.29, 0.717) is 42.1 Å². The van der Waals surface area contributed by atoms with Gasteiger partial charge in [-0.15, -0.1) is 0 Å². The maximum atomic E-state index is 13.2. The number of anilines is 3. The molecular formula is C28H33N5O3. The van der Waals surface area contributed by atoms with Crippen molar-refractivity contribution in [3.8, 4) is 11.3 Å². The molecular weight excluding hydrogens is 454 g/mol. The van der Waals surface area contributed by atoms with Gasteiger partial charge in [0.15, 0.2) is 0 Å². The van der Waals surface area contributed by atoms with Gasteiger partial charge < -0.3 is 26.0 Å². The number of carbonyl (C=O) groups is 2. The van der Waals surface area contributed by atoms with Crippen LogP contribution in [-0.4, -0.2) is 61.6 Å². The Hall–Kier alpha value is -3.75. The van der Waals surface area contributed by atoms with Gasteiger partial charge in [-0.25, -0.2) is 0 Å². The summed E-state index contributed by atoms with van der Waals surface area (Å²) in [5, 5.41) is 18.3. The van der Waals surface area contributed by atoms with Crippen molar-refractivity contribution in [3.05, 3.63) is 71.9 Å². The van der Waals surface area contributed by atoms with Gasteiger partial charge in [-0.1, -0.05) is 6.07 Å². The van der Waals surface area contributed by atoms with E-state index in [1.165, 1.54) is 6.42 Å². The van der Waals surface area contributed by atoms with Gasteiger partial charge in [-0.3, -0.25) is 14.6 Å². The Balaban J connectivity index is 1.56. The maximum absolute atomic E-state index is 13.2. The highest BCUT2D eigenvalue weighted by atomic mass is 16.3. The van der Waals surface area contributed by atoms with E-state index in [1.807, 2.05) is 30.3 Å². The summed E-state index contributed by atoms with van der Waals surface area (Å²) in [5.74, 6) is -0.226. The molecule has 8 heteroatoms. The molecule has 0 atom stereocenters. The lowest BCUT2D eigenvalue weighted by atomic mass is 10.0. The quantitative estimate of drug-likeness (QED) is 0.241. The molecule has 36 heavy (non-hydrogen) atoms. The van der Waals surface area contributed by atoms with E-state index in [1.54, 1.807) is 24.4 Å². The highest BCUT2D eigenvalue weighted by molar-refractivity contribution is 6.07. The van der Waals surface area contributed by atoms with Crippen LogP contribution >= 0.6 is 0 Å². The summed E-state index contributed by atoms with van der Waals surface area (Å²) in [6.07, 6.45) is 5.98. The summed E-state index contributed by atoms with van der Waals surface area (Å²) in [7, 11) is 0. The Kier molecular flexibility index (Phi) is 9.02. The van der Waals surface area contributed by atoms with Crippen molar-refractivity contribution in [2.24, 2.45) is 0 Å². The molecule has 4 N–H and O–H groups in total. The Bertz CT molecular complexity index is 1180. The standard InChI is InChI=1S/C28H33N5O3/c34-16-13-29-11-12-30-23-6-4-5-22(18-23)28(36)32-26-8-7-24(33-14-2-1-3-15-33)19-25(26)27-17-21(20-35)9-10-31-27/h4-10,17-20,29-30,34H,1-3,11-16H2,(H,32,36). The first kappa shape index (κ1) is 25.3. The van der Waals surface area contributed by atoms with Crippen LogP contribution in [0.25, 0.3) is 11.3 Å². The summed E-state index contributed by atoms with van der Waals surface area (Å²) >= 11 is 0. The second-order valence-electron chi connectivity index (χ2n) is 8.81. The van der Waals surface area contributed by atoms with Crippen molar-refractivity contribution in [2.75, 3.05) is 54.9 Å². The van der Waals surface area contributed by atoms with Gasteiger partial charge >= 0.3 is 0 Å². The summed E-state index contributed by atoms with van der Waals surface area (Å²) in [4.78, 5) is 31.4. The number of hydrogen-bond acceptors (Lipinski definition) is 7. The molecule has 8 nitrogen and oxygen atoms in total. The lowest BCUT2D eigenvalue weighted by molar-refractivity contribution is 0.102. The number of carbonyl (C=O) groups excluding carboxylic acids is 2. The molecule has 1 aliphatic rings. The maximum Gasteiger partial charge on any atom is 0.255 e. The minimum absolute atomic E-state index is 0.103. The number of nitrogens with one attached hydrogen (secondary N) is 3. The number of pyridine rings is 1. The lowest BCUT2D eigenvalue weighted by Gasteiger charge is -2.29. The number of piperidine rings is 1. The van der Waals surface area contributed by atoms with Gasteiger partial charge in [0.25, 0.3) is 5.91 Å². The van der Waals surface area contributed by atoms with Crippen molar-refractivity contribution in [1.29, 1.82) is 0 Å². The molecule has 1 aromatic heterocycles. The summed E-state index contributed by atoms with van der Waals surface area (Å²) in [6.45, 7) is 4.03. The Morgan fingerprint density at radius 2 is 1.86 bits per heavy atom. The lowest BCUT2D eigenvalue weighted by Crippen LogP contribution is -2.29. The molecule has 1 aliphatic heterocycles. The molecule has 1 saturated heterocycles. The minimum Gasteiger partial charge on any atom is -0.395 e. The number of benzene rings is 2. The number of aliphatic hydroxyl groups excluding tert-OH is 1. The summed E-state index contributed by atoms with van der Waals surface area (Å²) in [6, 6.07) is 16.8. The first-order valence-corrected chi connectivity index (χ1v) is 12.5. The van der Waals surface area contributed by atoms with Gasteiger partial charge in [0.05, 0.1) is 18.0 Å². The van der Waals surface area contributed by atoms with Crippen LogP contribution in [0.2, 0.25) is 0 Å². The van der Waals surface area contributed by atoms with Gasteiger partial charge in [0.1, 0.15) is 6.29 Å². The number of rotatable bonds is 11. The van der Waals surface area contributed by atoms with Crippen LogP contribution < -0.4 is 20.9 Å². The van der Waals surface area contributed by atoms with Gasteiger partial charge in [-0.2, -0.15) is 0 Å². The normalized spacial score (nSPS) is 13.3. The number of nitrogens with zero attached hydrogens (tertiary/aromatic N) is 2. The number of aromatic nitrogens is 1. The fraction of sp³-hybridized carbons (Fsp3) is 0.321. The van der Waals surface area contributed by atoms with Crippen LogP contribution in [0.3, 0.4) is 0 Å². The third-order valence-electron chi connectivity index (χ3n) is 6.21. The third kappa shape index (κ3) is 6.68. The number of aldehydes is 1. The van der Waals surface area contributed by atoms with Crippen molar-refractivity contribution >= 4 is 29.3 Å². The first-order chi connectivity index (χ1) is 17.7. The Morgan fingerprint density at radius 1 is 1.00 bits per heavy atom. The monoisotopic (exact) mass is 487 g/mol. The van der Waals surface area contributed by atoms with Crippen LogP contribution in [0.15, 0.2) is 60.8 Å². The predicted octanol–water partition coefficient (Wildman–Crippen LogP) is 3.80. The van der Waals surface area contributed by atoms with Crippen LogP contribution in [0.4, 0.5) is 17.1 Å². The van der Waals surface area contributed by atoms with Gasteiger partial charge in [-0.05, 0) is 67.8 Å². The second-order valence-corrected chi connectivity index (χ2v) is 8.81. The van der Waals surface area contributed by atoms with Crippen molar-refractivity contribution in [3.63, 3.8) is 0 Å². The van der Waals surface area contributed by atoms with E-state index in [2.05, 4.69) is 31.9 Å². The third-order valence-corrected chi connectivity index (χ3v) is 6.21. The van der Waals surface area contributed by atoms with E-state index in [0.717, 1.165) is 49.2 Å². The second kappa shape index (κ2) is 12.8. The van der Waals surface area contributed by atoms with E-state index < -0.39 is 0 Å². The minimum atomic E-state index is -0.226. The average Bonchev–Trinajstić information content (AvgIpc) is 2.94. The smallest absolute Gasteiger partial charge is 0.255 e. The largest absolute Gasteiger partial charge is 0.395 e. The first-order valence-electron chi connectivity index (χ1n) is 12.5. The van der Waals surface area contributed by atoms with Crippen LogP contribution in [0, 0.1) is 0 Å². The molecule has 0 aliphatic carbocycles. The molecule has 2 heterocycles. The zero-order valence-electron chi connectivity index (χ0n) is 20.4. The molecule has 4 rings (SSSR count). The van der Waals surface area contributed by atoms with Gasteiger partial charge in [0, 0.05) is 67.0 Å². The molecule has 1 fully saturated rings. The van der Waals surface area contributed by atoms with E-state index in [-0.39, 0.29) is 12.5 Å². The number of amides is 1. The zero-order valence-corrected chi connectivity index (χ0v) is 20.4. The van der Waals surface area contributed by atoms with Crippen molar-refractivity contribution in [2.45, 2.75) is 19.3 Å². The Labute approximate surface area is 211 Å². The molecule has 0 radical (unpaired) electrons. The SMILES string of the molecule is O=Cc1ccnc(-c2cc(N3CCCCC3)ccc2NC(=O)c2cccc(NCCNCCO)c2)c1. The highest BCUT2D eigenvalue weighted by Crippen LogP contribution is 2.33. The fourth-order valence-corrected chi connectivity index (χ4v) is 4.33. The molecule has 3 aromatic rings. The number of hydrogen-bond donors (Lipinski definition) is 4. The summed E-state index contributed by atoms with van der Waals surface area (Å²) < 4.78 is 0. The molecule has 2 aromatic carbocycles. The van der Waals surface area contributed by atoms with E-state index in [9.17, 15) is 9.59 Å². The van der Waals surface area contributed by atoms with E-state index >= 15 is 0 Å². The summed E-state index contributed by atoms with van der Waals surface area (Å²) in [5.41, 5.74) is 5.05. The predicted molar refractivity (Wildman–Crippen MR) is 144 cm³/mol. The van der Waals surface area contributed by atoms with Crippen molar-refractivity contribution in [1.82, 2.24) is 10.3 Å². The number of aliphatic hydroxyl groups is 1. The average molecular weight is 488 g/mol. The Morgan fingerprint density at radius 3 is 2.67 bits per heavy atom. The molecule has 188 valence electrons. The topological polar surface area (TPSA) is 107 Å². The van der Waals surface area contributed by atoms with Gasteiger partial charge in [0.2, 0.25) is 0 Å². The molecule has 0 unspecified atom stereocenters. The zero-order chi connectivity index (χ0) is 25.2. The van der Waals surface area contributed by atoms with E-state index in [4.69, 9.17) is 5.11 Å².